The van der Waals surface area contributed by atoms with Crippen LogP contribution in [-0.2, 0) is 14.8 Å². The van der Waals surface area contributed by atoms with Crippen LogP contribution < -0.4 is 4.72 Å². The third kappa shape index (κ3) is 4.23. The molecule has 1 atom stereocenters. The number of aliphatic carboxylic acids is 1. The van der Waals surface area contributed by atoms with Crippen molar-refractivity contribution < 1.29 is 18.3 Å². The second-order valence-corrected chi connectivity index (χ2v) is 6.57. The van der Waals surface area contributed by atoms with Gasteiger partial charge in [0.1, 0.15) is 12.1 Å². The fourth-order valence-corrected chi connectivity index (χ4v) is 3.37. The van der Waals surface area contributed by atoms with E-state index < -0.39 is 22.0 Å². The van der Waals surface area contributed by atoms with Gasteiger partial charge in [-0.2, -0.15) is 21.7 Å². The van der Waals surface area contributed by atoms with Gasteiger partial charge in [0.25, 0.3) is 0 Å². The minimum Gasteiger partial charge on any atom is -0.480 e. The number of sulfonamides is 1. The van der Waals surface area contributed by atoms with E-state index in [1.165, 1.54) is 30.0 Å². The smallest absolute Gasteiger partial charge is 0.321 e. The Kier molecular flexibility index (Phi) is 6.01. The quantitative estimate of drug-likeness (QED) is 0.778. The summed E-state index contributed by atoms with van der Waals surface area (Å²) in [5.74, 6) is -0.726. The number of hydrogen-bond acceptors (Lipinski definition) is 5. The van der Waals surface area contributed by atoms with Crippen molar-refractivity contribution in [2.45, 2.75) is 17.4 Å². The normalized spacial score (nSPS) is 12.6. The van der Waals surface area contributed by atoms with Gasteiger partial charge in [0.15, 0.2) is 0 Å². The molecule has 0 unspecified atom stereocenters. The van der Waals surface area contributed by atoms with Gasteiger partial charge in [-0.15, -0.1) is 0 Å². The molecule has 0 spiro atoms. The van der Waals surface area contributed by atoms with Gasteiger partial charge < -0.3 is 5.11 Å². The zero-order valence-electron chi connectivity index (χ0n) is 10.7. The molecule has 1 aromatic carbocycles. The molecule has 1 aromatic rings. The summed E-state index contributed by atoms with van der Waals surface area (Å²) < 4.78 is 26.4. The summed E-state index contributed by atoms with van der Waals surface area (Å²) in [6.45, 7) is 0. The molecule has 0 radical (unpaired) electrons. The lowest BCUT2D eigenvalue weighted by molar-refractivity contribution is -0.139. The van der Waals surface area contributed by atoms with E-state index in [9.17, 15) is 13.2 Å². The molecular formula is C12H14N2O4S2. The topological polar surface area (TPSA) is 107 Å². The highest BCUT2D eigenvalue weighted by molar-refractivity contribution is 7.98. The van der Waals surface area contributed by atoms with Crippen LogP contribution in [0.1, 0.15) is 12.0 Å². The van der Waals surface area contributed by atoms with Crippen molar-refractivity contribution in [3.63, 3.8) is 0 Å². The SMILES string of the molecule is CSCC[C@H](NS(=O)(=O)c1ccccc1C#N)C(=O)O. The summed E-state index contributed by atoms with van der Waals surface area (Å²) in [5, 5.41) is 17.9. The Morgan fingerprint density at radius 2 is 2.15 bits per heavy atom. The molecule has 8 heteroatoms. The Morgan fingerprint density at radius 3 is 2.70 bits per heavy atom. The van der Waals surface area contributed by atoms with Crippen molar-refractivity contribution in [3.05, 3.63) is 29.8 Å². The van der Waals surface area contributed by atoms with E-state index in [4.69, 9.17) is 10.4 Å². The van der Waals surface area contributed by atoms with Crippen LogP contribution in [0.4, 0.5) is 0 Å². The number of nitrogens with one attached hydrogen (secondary N) is 1. The molecule has 0 amide bonds. The van der Waals surface area contributed by atoms with Crippen molar-refractivity contribution in [2.75, 3.05) is 12.0 Å². The Labute approximate surface area is 121 Å². The van der Waals surface area contributed by atoms with Crippen LogP contribution in [0.5, 0.6) is 0 Å². The molecule has 2 N–H and O–H groups in total. The highest BCUT2D eigenvalue weighted by Crippen LogP contribution is 2.15. The van der Waals surface area contributed by atoms with E-state index in [2.05, 4.69) is 4.72 Å². The number of carbonyl (C=O) groups is 1. The molecule has 108 valence electrons. The first-order valence-electron chi connectivity index (χ1n) is 5.65. The van der Waals surface area contributed by atoms with E-state index in [1.807, 2.05) is 0 Å². The third-order valence-electron chi connectivity index (χ3n) is 2.50. The number of thioether (sulfide) groups is 1. The largest absolute Gasteiger partial charge is 0.480 e. The second kappa shape index (κ2) is 7.28. The number of carboxylic acid groups (broad SMARTS) is 1. The average molecular weight is 314 g/mol. The number of carboxylic acids is 1. The highest BCUT2D eigenvalue weighted by Gasteiger charge is 2.26. The highest BCUT2D eigenvalue weighted by atomic mass is 32.2. The summed E-state index contributed by atoms with van der Waals surface area (Å²) in [5.41, 5.74) is -0.0194. The Balaban J connectivity index is 3.04. The first-order chi connectivity index (χ1) is 9.42. The molecule has 0 aliphatic heterocycles. The molecule has 0 heterocycles. The first kappa shape index (κ1) is 16.5. The summed E-state index contributed by atoms with van der Waals surface area (Å²) >= 11 is 1.43. The molecule has 1 rings (SSSR count). The standard InChI is InChI=1S/C12H14N2O4S2/c1-19-7-6-10(12(15)16)14-20(17,18)11-5-3-2-4-9(11)8-13/h2-5,10,14H,6-7H2,1H3,(H,15,16)/t10-/m0/s1. The van der Waals surface area contributed by atoms with Crippen LogP contribution in [-0.4, -0.2) is 37.5 Å². The van der Waals surface area contributed by atoms with Crippen molar-refractivity contribution in [2.24, 2.45) is 0 Å². The summed E-state index contributed by atoms with van der Waals surface area (Å²) in [6, 6.07) is 6.23. The molecule has 6 nitrogen and oxygen atoms in total. The number of benzene rings is 1. The Morgan fingerprint density at radius 1 is 1.50 bits per heavy atom. The maximum atomic E-state index is 12.2. The van der Waals surface area contributed by atoms with E-state index in [-0.39, 0.29) is 16.9 Å². The molecule has 0 aromatic heterocycles. The molecule has 20 heavy (non-hydrogen) atoms. The van der Waals surface area contributed by atoms with E-state index in [0.717, 1.165) is 0 Å². The van der Waals surface area contributed by atoms with Gasteiger partial charge in [-0.05, 0) is 30.6 Å². The Bertz CT molecular complexity index is 623. The predicted molar refractivity (Wildman–Crippen MR) is 75.9 cm³/mol. The fraction of sp³-hybridized carbons (Fsp3) is 0.333. The first-order valence-corrected chi connectivity index (χ1v) is 8.53. The van der Waals surface area contributed by atoms with Crippen molar-refractivity contribution >= 4 is 27.8 Å². The van der Waals surface area contributed by atoms with Gasteiger partial charge in [-0.3, -0.25) is 4.79 Å². The van der Waals surface area contributed by atoms with Crippen LogP contribution in [0.3, 0.4) is 0 Å². The maximum Gasteiger partial charge on any atom is 0.321 e. The zero-order valence-corrected chi connectivity index (χ0v) is 12.4. The van der Waals surface area contributed by atoms with Gasteiger partial charge in [0, 0.05) is 0 Å². The van der Waals surface area contributed by atoms with Crippen LogP contribution >= 0.6 is 11.8 Å². The molecule has 0 fully saturated rings. The molecule has 0 aliphatic rings. The second-order valence-electron chi connectivity index (χ2n) is 3.90. The molecule has 0 aliphatic carbocycles. The van der Waals surface area contributed by atoms with E-state index >= 15 is 0 Å². The van der Waals surface area contributed by atoms with Crippen molar-refractivity contribution in [1.29, 1.82) is 5.26 Å². The zero-order chi connectivity index (χ0) is 15.2. The molecule has 0 bridgehead atoms. The van der Waals surface area contributed by atoms with Crippen LogP contribution in [0, 0.1) is 11.3 Å². The van der Waals surface area contributed by atoms with Gasteiger partial charge in [-0.1, -0.05) is 12.1 Å². The summed E-state index contributed by atoms with van der Waals surface area (Å²) in [7, 11) is -4.04. The summed E-state index contributed by atoms with van der Waals surface area (Å²) in [6.07, 6.45) is 1.98. The van der Waals surface area contributed by atoms with E-state index in [1.54, 1.807) is 18.4 Å². The minimum atomic E-state index is -4.04. The number of hydrogen-bond donors (Lipinski definition) is 2. The van der Waals surface area contributed by atoms with Gasteiger partial charge in [0.05, 0.1) is 10.5 Å². The lowest BCUT2D eigenvalue weighted by Gasteiger charge is -2.14. The monoisotopic (exact) mass is 314 g/mol. The van der Waals surface area contributed by atoms with Crippen LogP contribution in [0.15, 0.2) is 29.2 Å². The average Bonchev–Trinajstić information content (AvgIpc) is 2.43. The maximum absolute atomic E-state index is 12.2. The lowest BCUT2D eigenvalue weighted by Crippen LogP contribution is -2.41. The summed E-state index contributed by atoms with van der Waals surface area (Å²) in [4.78, 5) is 10.9. The number of nitriles is 1. The van der Waals surface area contributed by atoms with Crippen LogP contribution in [0.25, 0.3) is 0 Å². The van der Waals surface area contributed by atoms with Crippen LogP contribution in [0.2, 0.25) is 0 Å². The minimum absolute atomic E-state index is 0.0194. The van der Waals surface area contributed by atoms with Crippen molar-refractivity contribution in [3.8, 4) is 6.07 Å². The van der Waals surface area contributed by atoms with Gasteiger partial charge >= 0.3 is 5.97 Å². The molecular weight excluding hydrogens is 300 g/mol. The van der Waals surface area contributed by atoms with E-state index in [0.29, 0.717) is 5.75 Å². The fourth-order valence-electron chi connectivity index (χ4n) is 1.51. The lowest BCUT2D eigenvalue weighted by atomic mass is 10.2. The molecule has 0 saturated carbocycles. The van der Waals surface area contributed by atoms with Gasteiger partial charge in [0.2, 0.25) is 10.0 Å². The molecule has 0 saturated heterocycles. The van der Waals surface area contributed by atoms with Crippen molar-refractivity contribution in [1.82, 2.24) is 4.72 Å². The number of rotatable bonds is 7. The number of nitrogens with zero attached hydrogens (tertiary/aromatic N) is 1. The third-order valence-corrected chi connectivity index (χ3v) is 4.68. The van der Waals surface area contributed by atoms with Gasteiger partial charge in [-0.25, -0.2) is 8.42 Å². The Hall–Kier alpha value is -1.56. The predicted octanol–water partition coefficient (Wildman–Crippen LogP) is 1.04.